The molecule has 2 saturated carbocycles. The number of fused-ring (bicyclic) bond motifs is 2. The van der Waals surface area contributed by atoms with Gasteiger partial charge in [-0.15, -0.1) is 0 Å². The van der Waals surface area contributed by atoms with Crippen molar-refractivity contribution in [2.75, 3.05) is 6.61 Å². The summed E-state index contributed by atoms with van der Waals surface area (Å²) in [6.45, 7) is 9.72. The Hall–Kier alpha value is -1.36. The van der Waals surface area contributed by atoms with Crippen molar-refractivity contribution in [3.8, 4) is 0 Å². The first-order chi connectivity index (χ1) is 10.9. The zero-order chi connectivity index (χ0) is 17.0. The Labute approximate surface area is 138 Å². The molecule has 2 aliphatic carbocycles. The van der Waals surface area contributed by atoms with Crippen molar-refractivity contribution in [2.45, 2.75) is 65.3 Å². The third-order valence-electron chi connectivity index (χ3n) is 4.83. The average molecular weight is 324 g/mol. The molecular formula is C18H28O5. The maximum absolute atomic E-state index is 12.3. The molecule has 5 atom stereocenters. The van der Waals surface area contributed by atoms with E-state index in [-0.39, 0.29) is 35.8 Å². The van der Waals surface area contributed by atoms with Gasteiger partial charge in [0.1, 0.15) is 6.10 Å². The van der Waals surface area contributed by atoms with Crippen LogP contribution in [-0.4, -0.2) is 30.9 Å². The lowest BCUT2D eigenvalue weighted by Crippen LogP contribution is -2.33. The maximum Gasteiger partial charge on any atom is 0.333 e. The molecule has 5 heteroatoms. The number of rotatable bonds is 8. The number of hydrogen-bond acceptors (Lipinski definition) is 5. The molecule has 5 nitrogen and oxygen atoms in total. The molecular weight excluding hydrogens is 296 g/mol. The van der Waals surface area contributed by atoms with Gasteiger partial charge in [-0.1, -0.05) is 19.9 Å². The lowest BCUT2D eigenvalue weighted by Gasteiger charge is -2.27. The second kappa shape index (κ2) is 7.95. The highest BCUT2D eigenvalue weighted by molar-refractivity contribution is 5.87. The molecule has 23 heavy (non-hydrogen) atoms. The fraction of sp³-hybridized carbons (Fsp3) is 0.778. The van der Waals surface area contributed by atoms with E-state index in [1.807, 2.05) is 0 Å². The molecule has 0 aromatic rings. The summed E-state index contributed by atoms with van der Waals surface area (Å²) in [6.07, 6.45) is 3.85. The van der Waals surface area contributed by atoms with E-state index < -0.39 is 6.29 Å². The van der Waals surface area contributed by atoms with Gasteiger partial charge in [-0.3, -0.25) is 4.79 Å². The quantitative estimate of drug-likeness (QED) is 0.297. The minimum atomic E-state index is -0.495. The lowest BCUT2D eigenvalue weighted by molar-refractivity contribution is -0.182. The zero-order valence-corrected chi connectivity index (χ0v) is 14.4. The molecule has 2 aliphatic rings. The smallest absolute Gasteiger partial charge is 0.333 e. The summed E-state index contributed by atoms with van der Waals surface area (Å²) in [5, 5.41) is 0. The van der Waals surface area contributed by atoms with E-state index in [1.165, 1.54) is 0 Å². The van der Waals surface area contributed by atoms with E-state index in [9.17, 15) is 9.59 Å². The molecule has 0 aromatic carbocycles. The predicted octanol–water partition coefficient (Wildman–Crippen LogP) is 3.23. The van der Waals surface area contributed by atoms with Gasteiger partial charge < -0.3 is 14.2 Å². The van der Waals surface area contributed by atoms with Gasteiger partial charge in [0.2, 0.25) is 0 Å². The first-order valence-electron chi connectivity index (χ1n) is 8.61. The molecule has 0 N–H and O–H groups in total. The first kappa shape index (κ1) is 18.0. The van der Waals surface area contributed by atoms with Gasteiger partial charge in [0.15, 0.2) is 6.29 Å². The van der Waals surface area contributed by atoms with Crippen LogP contribution in [0.3, 0.4) is 0 Å². The van der Waals surface area contributed by atoms with E-state index >= 15 is 0 Å². The van der Waals surface area contributed by atoms with Crippen LogP contribution in [0.1, 0.15) is 52.9 Å². The fourth-order valence-electron chi connectivity index (χ4n) is 3.57. The summed E-state index contributed by atoms with van der Waals surface area (Å²) in [5.74, 6) is -0.0850. The van der Waals surface area contributed by atoms with E-state index in [0.29, 0.717) is 12.2 Å². The number of ether oxygens (including phenoxy) is 3. The Balaban J connectivity index is 1.77. The molecule has 0 aromatic heterocycles. The van der Waals surface area contributed by atoms with Crippen molar-refractivity contribution in [3.05, 3.63) is 12.2 Å². The minimum Gasteiger partial charge on any atom is -0.459 e. The van der Waals surface area contributed by atoms with Gasteiger partial charge in [-0.2, -0.15) is 0 Å². The van der Waals surface area contributed by atoms with Crippen LogP contribution in [-0.2, 0) is 23.8 Å². The topological polar surface area (TPSA) is 61.8 Å². The molecule has 2 rings (SSSR count). The van der Waals surface area contributed by atoms with Crippen LogP contribution in [0.2, 0.25) is 0 Å². The molecule has 0 radical (unpaired) electrons. The van der Waals surface area contributed by atoms with Gasteiger partial charge in [-0.25, -0.2) is 4.79 Å². The van der Waals surface area contributed by atoms with E-state index in [4.69, 9.17) is 14.2 Å². The molecule has 0 aliphatic heterocycles. The summed E-state index contributed by atoms with van der Waals surface area (Å²) in [5.41, 5.74) is 0.418. The fourth-order valence-corrected chi connectivity index (χ4v) is 3.57. The van der Waals surface area contributed by atoms with Crippen molar-refractivity contribution in [1.29, 1.82) is 0 Å². The molecule has 2 bridgehead atoms. The molecule has 0 heterocycles. The van der Waals surface area contributed by atoms with Gasteiger partial charge in [0.25, 0.3) is 0 Å². The predicted molar refractivity (Wildman–Crippen MR) is 85.4 cm³/mol. The molecule has 130 valence electrons. The Bertz CT molecular complexity index is 458. The highest BCUT2D eigenvalue weighted by Crippen LogP contribution is 2.50. The summed E-state index contributed by atoms with van der Waals surface area (Å²) >= 11 is 0. The highest BCUT2D eigenvalue weighted by atomic mass is 16.7. The number of carbonyl (C=O) groups is 2. The number of carbonyl (C=O) groups excluding carboxylic acids is 2. The molecule has 0 spiro atoms. The van der Waals surface area contributed by atoms with Crippen LogP contribution < -0.4 is 0 Å². The number of esters is 2. The average Bonchev–Trinajstić information content (AvgIpc) is 3.07. The Morgan fingerprint density at radius 3 is 2.52 bits per heavy atom. The molecule has 2 fully saturated rings. The number of unbranched alkanes of at least 4 members (excludes halogenated alkanes) is 1. The standard InChI is InChI=1S/C18H28O5/c1-5-6-7-21-12(4)22-18(20)15-9-14-8-13(15)10-16(14)23-17(19)11(2)3/h12-16H,2,5-10H2,1,3-4H3. The SMILES string of the molecule is C=C(C)C(=O)OC1CC2CC1CC2C(=O)OC(C)OCCCC. The maximum atomic E-state index is 12.3. The van der Waals surface area contributed by atoms with Gasteiger partial charge in [-0.05, 0) is 51.4 Å². The summed E-state index contributed by atoms with van der Waals surface area (Å²) in [6, 6.07) is 0. The highest BCUT2D eigenvalue weighted by Gasteiger charge is 2.51. The van der Waals surface area contributed by atoms with Gasteiger partial charge in [0.05, 0.1) is 12.5 Å². The summed E-state index contributed by atoms with van der Waals surface area (Å²) in [4.78, 5) is 23.9. The zero-order valence-electron chi connectivity index (χ0n) is 14.4. The van der Waals surface area contributed by atoms with Crippen molar-refractivity contribution >= 4 is 11.9 Å². The van der Waals surface area contributed by atoms with Crippen LogP contribution in [0, 0.1) is 17.8 Å². The van der Waals surface area contributed by atoms with Crippen molar-refractivity contribution < 1.29 is 23.8 Å². The molecule has 5 unspecified atom stereocenters. The van der Waals surface area contributed by atoms with Crippen LogP contribution in [0.25, 0.3) is 0 Å². The van der Waals surface area contributed by atoms with Gasteiger partial charge >= 0.3 is 11.9 Å². The largest absolute Gasteiger partial charge is 0.459 e. The monoisotopic (exact) mass is 324 g/mol. The second-order valence-electron chi connectivity index (χ2n) is 6.79. The molecule has 0 amide bonds. The summed E-state index contributed by atoms with van der Waals surface area (Å²) < 4.78 is 16.3. The van der Waals surface area contributed by atoms with Crippen LogP contribution >= 0.6 is 0 Å². The third-order valence-corrected chi connectivity index (χ3v) is 4.83. The normalized spacial score (nSPS) is 30.0. The first-order valence-corrected chi connectivity index (χ1v) is 8.61. The summed E-state index contributed by atoms with van der Waals surface area (Å²) in [7, 11) is 0. The molecule has 0 saturated heterocycles. The van der Waals surface area contributed by atoms with E-state index in [0.717, 1.165) is 32.1 Å². The van der Waals surface area contributed by atoms with E-state index in [1.54, 1.807) is 13.8 Å². The van der Waals surface area contributed by atoms with Crippen LogP contribution in [0.15, 0.2) is 12.2 Å². The van der Waals surface area contributed by atoms with Crippen molar-refractivity contribution in [3.63, 3.8) is 0 Å². The Morgan fingerprint density at radius 2 is 1.96 bits per heavy atom. The second-order valence-corrected chi connectivity index (χ2v) is 6.79. The van der Waals surface area contributed by atoms with Gasteiger partial charge in [0, 0.05) is 5.57 Å². The van der Waals surface area contributed by atoms with Crippen LogP contribution in [0.5, 0.6) is 0 Å². The van der Waals surface area contributed by atoms with E-state index in [2.05, 4.69) is 13.5 Å². The minimum absolute atomic E-state index is 0.0773. The lowest BCUT2D eigenvalue weighted by atomic mass is 9.87. The number of hydrogen-bond donors (Lipinski definition) is 0. The Kier molecular flexibility index (Phi) is 6.22. The van der Waals surface area contributed by atoms with Crippen LogP contribution in [0.4, 0.5) is 0 Å². The third kappa shape index (κ3) is 4.56. The Morgan fingerprint density at radius 1 is 1.22 bits per heavy atom. The van der Waals surface area contributed by atoms with Crippen molar-refractivity contribution in [2.24, 2.45) is 17.8 Å². The van der Waals surface area contributed by atoms with Crippen molar-refractivity contribution in [1.82, 2.24) is 0 Å².